The van der Waals surface area contributed by atoms with Crippen LogP contribution in [-0.2, 0) is 4.79 Å². The van der Waals surface area contributed by atoms with Crippen molar-refractivity contribution in [2.24, 2.45) is 0 Å². The van der Waals surface area contributed by atoms with Crippen molar-refractivity contribution in [1.82, 2.24) is 0 Å². The van der Waals surface area contributed by atoms with Gasteiger partial charge in [-0.05, 0) is 55.5 Å². The molecular weight excluding hydrogens is 269 g/mol. The Bertz CT molecular complexity index is 596. The number of nitrogens with one attached hydrogen (secondary N) is 1. The summed E-state index contributed by atoms with van der Waals surface area (Å²) in [5, 5.41) is 2.74. The first-order valence-electron chi connectivity index (χ1n) is 6.74. The van der Waals surface area contributed by atoms with E-state index in [-0.39, 0.29) is 18.3 Å². The predicted octanol–water partition coefficient (Wildman–Crippen LogP) is 2.87. The number of hydrogen-bond acceptors (Lipinski definition) is 3. The highest BCUT2D eigenvalue weighted by Crippen LogP contribution is 2.16. The topological polar surface area (TPSA) is 58.4 Å². The summed E-state index contributed by atoms with van der Waals surface area (Å²) in [5.41, 5.74) is 7.85. The summed E-state index contributed by atoms with van der Waals surface area (Å²) in [6, 6.07) is 13.1. The highest BCUT2D eigenvalue weighted by Gasteiger charge is 2.10. The van der Waals surface area contributed by atoms with E-state index in [9.17, 15) is 9.18 Å². The number of anilines is 3. The van der Waals surface area contributed by atoms with E-state index in [4.69, 9.17) is 5.73 Å². The minimum Gasteiger partial charge on any atom is -0.399 e. The number of amides is 1. The number of hydrogen-bond donors (Lipinski definition) is 2. The molecule has 4 nitrogen and oxygen atoms in total. The first-order valence-corrected chi connectivity index (χ1v) is 6.74. The molecule has 2 aromatic rings. The number of carbonyl (C=O) groups excluding carboxylic acids is 1. The third-order valence-corrected chi connectivity index (χ3v) is 3.10. The molecule has 21 heavy (non-hydrogen) atoms. The van der Waals surface area contributed by atoms with Gasteiger partial charge in [-0.25, -0.2) is 4.39 Å². The molecular formula is C16H18FN3O. The van der Waals surface area contributed by atoms with Gasteiger partial charge in [-0.2, -0.15) is 0 Å². The summed E-state index contributed by atoms with van der Waals surface area (Å²) in [7, 11) is 0. The van der Waals surface area contributed by atoms with Crippen LogP contribution >= 0.6 is 0 Å². The Morgan fingerprint density at radius 3 is 2.33 bits per heavy atom. The van der Waals surface area contributed by atoms with E-state index in [0.717, 1.165) is 5.69 Å². The molecule has 0 fully saturated rings. The molecule has 2 rings (SSSR count). The molecule has 0 aromatic heterocycles. The van der Waals surface area contributed by atoms with Crippen molar-refractivity contribution in [3.05, 3.63) is 54.3 Å². The van der Waals surface area contributed by atoms with Crippen LogP contribution in [0.5, 0.6) is 0 Å². The van der Waals surface area contributed by atoms with Crippen molar-refractivity contribution >= 4 is 23.0 Å². The van der Waals surface area contributed by atoms with Gasteiger partial charge in [-0.3, -0.25) is 4.79 Å². The highest BCUT2D eigenvalue weighted by molar-refractivity contribution is 5.94. The third kappa shape index (κ3) is 4.21. The normalized spacial score (nSPS) is 10.2. The number of carbonyl (C=O) groups is 1. The van der Waals surface area contributed by atoms with Crippen LogP contribution in [0.4, 0.5) is 21.5 Å². The number of rotatable bonds is 5. The van der Waals surface area contributed by atoms with Crippen LogP contribution in [0.25, 0.3) is 0 Å². The smallest absolute Gasteiger partial charge is 0.243 e. The van der Waals surface area contributed by atoms with Gasteiger partial charge < -0.3 is 16.0 Å². The molecule has 1 amide bonds. The number of benzene rings is 2. The number of nitrogen functional groups attached to an aromatic ring is 1. The van der Waals surface area contributed by atoms with Gasteiger partial charge in [0, 0.05) is 23.6 Å². The van der Waals surface area contributed by atoms with Crippen LogP contribution in [0.1, 0.15) is 6.92 Å². The second-order valence-corrected chi connectivity index (χ2v) is 4.66. The molecule has 0 heterocycles. The maximum absolute atomic E-state index is 12.8. The average Bonchev–Trinajstić information content (AvgIpc) is 2.48. The SMILES string of the molecule is CCN(CC(=O)Nc1ccc(F)cc1)c1ccc(N)cc1. The monoisotopic (exact) mass is 287 g/mol. The van der Waals surface area contributed by atoms with E-state index < -0.39 is 0 Å². The highest BCUT2D eigenvalue weighted by atomic mass is 19.1. The van der Waals surface area contributed by atoms with Crippen LogP contribution in [0.15, 0.2) is 48.5 Å². The standard InChI is InChI=1S/C16H18FN3O/c1-2-20(15-9-5-13(18)6-10-15)11-16(21)19-14-7-3-12(17)4-8-14/h3-10H,2,11,18H2,1H3,(H,19,21). The number of nitrogens with zero attached hydrogens (tertiary/aromatic N) is 1. The Labute approximate surface area is 123 Å². The van der Waals surface area contributed by atoms with Crippen LogP contribution < -0.4 is 16.0 Å². The minimum atomic E-state index is -0.329. The molecule has 2 aromatic carbocycles. The van der Waals surface area contributed by atoms with E-state index in [2.05, 4.69) is 5.32 Å². The largest absolute Gasteiger partial charge is 0.399 e. The van der Waals surface area contributed by atoms with Gasteiger partial charge in [0.15, 0.2) is 0 Å². The molecule has 0 aliphatic rings. The molecule has 0 aliphatic heterocycles. The van der Waals surface area contributed by atoms with E-state index in [1.807, 2.05) is 24.0 Å². The Hall–Kier alpha value is -2.56. The molecule has 5 heteroatoms. The maximum Gasteiger partial charge on any atom is 0.243 e. The fourth-order valence-electron chi connectivity index (χ4n) is 1.98. The van der Waals surface area contributed by atoms with E-state index >= 15 is 0 Å². The van der Waals surface area contributed by atoms with Gasteiger partial charge in [0.05, 0.1) is 6.54 Å². The lowest BCUT2D eigenvalue weighted by atomic mass is 10.2. The van der Waals surface area contributed by atoms with Crippen LogP contribution in [-0.4, -0.2) is 19.0 Å². The van der Waals surface area contributed by atoms with Gasteiger partial charge in [-0.1, -0.05) is 0 Å². The fraction of sp³-hybridized carbons (Fsp3) is 0.188. The lowest BCUT2D eigenvalue weighted by molar-refractivity contribution is -0.115. The van der Waals surface area contributed by atoms with Crippen molar-refractivity contribution < 1.29 is 9.18 Å². The van der Waals surface area contributed by atoms with Gasteiger partial charge in [0.1, 0.15) is 5.82 Å². The Balaban J connectivity index is 1.99. The summed E-state index contributed by atoms with van der Waals surface area (Å²) in [5.74, 6) is -0.481. The predicted molar refractivity (Wildman–Crippen MR) is 83.8 cm³/mol. The first-order chi connectivity index (χ1) is 10.1. The molecule has 110 valence electrons. The van der Waals surface area contributed by atoms with Crippen molar-refractivity contribution in [2.45, 2.75) is 6.92 Å². The average molecular weight is 287 g/mol. The maximum atomic E-state index is 12.8. The van der Waals surface area contributed by atoms with Crippen LogP contribution in [0.3, 0.4) is 0 Å². The fourth-order valence-corrected chi connectivity index (χ4v) is 1.98. The summed E-state index contributed by atoms with van der Waals surface area (Å²) in [4.78, 5) is 14.0. The lowest BCUT2D eigenvalue weighted by Crippen LogP contribution is -2.33. The number of likely N-dealkylation sites (N-methyl/N-ethyl adjacent to an activating group) is 1. The van der Waals surface area contributed by atoms with Crippen molar-refractivity contribution in [3.63, 3.8) is 0 Å². The Kier molecular flexibility index (Phi) is 4.77. The third-order valence-electron chi connectivity index (χ3n) is 3.10. The second kappa shape index (κ2) is 6.74. The molecule has 0 unspecified atom stereocenters. The zero-order valence-electron chi connectivity index (χ0n) is 11.8. The van der Waals surface area contributed by atoms with Gasteiger partial charge in [-0.15, -0.1) is 0 Å². The quantitative estimate of drug-likeness (QED) is 0.831. The van der Waals surface area contributed by atoms with Gasteiger partial charge in [0.25, 0.3) is 0 Å². The number of halogens is 1. The summed E-state index contributed by atoms with van der Waals surface area (Å²) >= 11 is 0. The number of nitrogens with two attached hydrogens (primary N) is 1. The summed E-state index contributed by atoms with van der Waals surface area (Å²) < 4.78 is 12.8. The summed E-state index contributed by atoms with van der Waals surface area (Å²) in [6.07, 6.45) is 0. The van der Waals surface area contributed by atoms with Gasteiger partial charge >= 0.3 is 0 Å². The lowest BCUT2D eigenvalue weighted by Gasteiger charge is -2.22. The Morgan fingerprint density at radius 1 is 1.14 bits per heavy atom. The van der Waals surface area contributed by atoms with E-state index in [1.54, 1.807) is 12.1 Å². The molecule has 0 radical (unpaired) electrons. The first kappa shape index (κ1) is 14.8. The zero-order valence-corrected chi connectivity index (χ0v) is 11.8. The van der Waals surface area contributed by atoms with Crippen LogP contribution in [0, 0.1) is 5.82 Å². The van der Waals surface area contributed by atoms with Gasteiger partial charge in [0.2, 0.25) is 5.91 Å². The van der Waals surface area contributed by atoms with E-state index in [0.29, 0.717) is 17.9 Å². The molecule has 0 spiro atoms. The molecule has 0 atom stereocenters. The molecule has 0 bridgehead atoms. The minimum absolute atomic E-state index is 0.153. The van der Waals surface area contributed by atoms with Crippen molar-refractivity contribution in [1.29, 1.82) is 0 Å². The molecule has 0 saturated heterocycles. The van der Waals surface area contributed by atoms with Crippen molar-refractivity contribution in [3.8, 4) is 0 Å². The molecule has 3 N–H and O–H groups in total. The second-order valence-electron chi connectivity index (χ2n) is 4.66. The van der Waals surface area contributed by atoms with Crippen LogP contribution in [0.2, 0.25) is 0 Å². The zero-order chi connectivity index (χ0) is 15.2. The van der Waals surface area contributed by atoms with Crippen molar-refractivity contribution in [2.75, 3.05) is 29.0 Å². The summed E-state index contributed by atoms with van der Waals surface area (Å²) in [6.45, 7) is 2.89. The molecule has 0 saturated carbocycles. The molecule has 0 aliphatic carbocycles. The van der Waals surface area contributed by atoms with E-state index in [1.165, 1.54) is 24.3 Å². The Morgan fingerprint density at radius 2 is 1.76 bits per heavy atom.